The van der Waals surface area contributed by atoms with E-state index in [-0.39, 0.29) is 5.91 Å². The molecule has 3 aromatic rings. The van der Waals surface area contributed by atoms with Crippen LogP contribution in [0.15, 0.2) is 48.5 Å². The van der Waals surface area contributed by atoms with Crippen LogP contribution in [0.1, 0.15) is 16.1 Å². The highest BCUT2D eigenvalue weighted by atomic mass is 35.5. The average Bonchev–Trinajstić information content (AvgIpc) is 3.14. The Morgan fingerprint density at radius 1 is 1.17 bits per heavy atom. The molecule has 1 aliphatic heterocycles. The van der Waals surface area contributed by atoms with Crippen molar-refractivity contribution in [3.05, 3.63) is 64.8 Å². The normalized spacial score (nSPS) is 14.9. The topological polar surface area (TPSA) is 55.7 Å². The van der Waals surface area contributed by atoms with Crippen LogP contribution in [0.4, 0.5) is 5.69 Å². The van der Waals surface area contributed by atoms with Crippen LogP contribution in [0.3, 0.4) is 0 Å². The molecule has 0 atom stereocenters. The number of fused-ring (bicyclic) bond motifs is 1. The molecule has 1 aromatic heterocycles. The van der Waals surface area contributed by atoms with E-state index >= 15 is 0 Å². The monoisotopic (exact) mass is 427 g/mol. The lowest BCUT2D eigenvalue weighted by molar-refractivity contribution is 0.0342. The molecule has 6 nitrogen and oxygen atoms in total. The summed E-state index contributed by atoms with van der Waals surface area (Å²) < 4.78 is 12.7. The molecule has 0 bridgehead atoms. The molecule has 4 rings (SSSR count). The fourth-order valence-electron chi connectivity index (χ4n) is 3.79. The first-order chi connectivity index (χ1) is 14.7. The van der Waals surface area contributed by atoms with Crippen LogP contribution in [0.25, 0.3) is 10.9 Å². The van der Waals surface area contributed by atoms with Crippen molar-refractivity contribution in [2.75, 3.05) is 45.3 Å². The van der Waals surface area contributed by atoms with Crippen LogP contribution in [0, 0.1) is 0 Å². The molecule has 1 N–H and O–H groups in total. The quantitative estimate of drug-likeness (QED) is 0.618. The number of hydrogen-bond acceptors (Lipinski definition) is 4. The van der Waals surface area contributed by atoms with Gasteiger partial charge in [-0.3, -0.25) is 9.69 Å². The van der Waals surface area contributed by atoms with Crippen molar-refractivity contribution in [3.63, 3.8) is 0 Å². The van der Waals surface area contributed by atoms with E-state index in [1.54, 1.807) is 7.11 Å². The lowest BCUT2D eigenvalue weighted by Gasteiger charge is -2.27. The molecule has 7 heteroatoms. The third kappa shape index (κ3) is 4.68. The number of hydrogen-bond donors (Lipinski definition) is 1. The summed E-state index contributed by atoms with van der Waals surface area (Å²) in [6, 6.07) is 15.5. The molecular formula is C23H26ClN3O3. The van der Waals surface area contributed by atoms with E-state index in [2.05, 4.69) is 10.2 Å². The van der Waals surface area contributed by atoms with Gasteiger partial charge in [-0.15, -0.1) is 0 Å². The standard InChI is InChI=1S/C23H26ClN3O3/c1-29-11-10-27-21-5-3-2-4-17(21)15-22(27)23(28)25-19-6-7-20(24)18(14-19)16-26-8-12-30-13-9-26/h2-7,14-15H,8-13,16H2,1H3,(H,25,28). The van der Waals surface area contributed by atoms with Gasteiger partial charge in [0.15, 0.2) is 0 Å². The van der Waals surface area contributed by atoms with Crippen molar-refractivity contribution in [1.82, 2.24) is 9.47 Å². The van der Waals surface area contributed by atoms with Crippen LogP contribution in [-0.2, 0) is 22.6 Å². The summed E-state index contributed by atoms with van der Waals surface area (Å²) in [5.41, 5.74) is 3.36. The van der Waals surface area contributed by atoms with Crippen molar-refractivity contribution >= 4 is 34.1 Å². The molecule has 1 amide bonds. The highest BCUT2D eigenvalue weighted by Crippen LogP contribution is 2.25. The molecule has 30 heavy (non-hydrogen) atoms. The zero-order chi connectivity index (χ0) is 20.9. The predicted molar refractivity (Wildman–Crippen MR) is 119 cm³/mol. The minimum atomic E-state index is -0.151. The number of rotatable bonds is 7. The minimum absolute atomic E-state index is 0.151. The van der Waals surface area contributed by atoms with Crippen molar-refractivity contribution < 1.29 is 14.3 Å². The number of anilines is 1. The Kier molecular flexibility index (Phi) is 6.69. The van der Waals surface area contributed by atoms with E-state index in [9.17, 15) is 4.79 Å². The van der Waals surface area contributed by atoms with Crippen LogP contribution in [0.2, 0.25) is 5.02 Å². The summed E-state index contributed by atoms with van der Waals surface area (Å²) in [5.74, 6) is -0.151. The van der Waals surface area contributed by atoms with E-state index < -0.39 is 0 Å². The average molecular weight is 428 g/mol. The molecular weight excluding hydrogens is 402 g/mol. The predicted octanol–water partition coefficient (Wildman–Crippen LogP) is 4.03. The van der Waals surface area contributed by atoms with Crippen LogP contribution in [0.5, 0.6) is 0 Å². The zero-order valence-corrected chi connectivity index (χ0v) is 17.8. The lowest BCUT2D eigenvalue weighted by atomic mass is 10.1. The molecule has 0 unspecified atom stereocenters. The van der Waals surface area contributed by atoms with Crippen molar-refractivity contribution in [2.24, 2.45) is 0 Å². The Balaban J connectivity index is 1.55. The van der Waals surface area contributed by atoms with Gasteiger partial charge >= 0.3 is 0 Å². The summed E-state index contributed by atoms with van der Waals surface area (Å²) in [4.78, 5) is 15.4. The Labute approximate surface area is 181 Å². The molecule has 2 heterocycles. The Morgan fingerprint density at radius 3 is 2.77 bits per heavy atom. The number of amides is 1. The minimum Gasteiger partial charge on any atom is -0.383 e. The molecule has 0 radical (unpaired) electrons. The van der Waals surface area contributed by atoms with E-state index in [1.807, 2.05) is 53.1 Å². The van der Waals surface area contributed by atoms with Crippen LogP contribution in [-0.4, -0.2) is 55.4 Å². The number of halogens is 1. The second-order valence-corrected chi connectivity index (χ2v) is 7.79. The number of methoxy groups -OCH3 is 1. The van der Waals surface area contributed by atoms with Crippen molar-refractivity contribution in [3.8, 4) is 0 Å². The largest absolute Gasteiger partial charge is 0.383 e. The van der Waals surface area contributed by atoms with Gasteiger partial charge in [0.25, 0.3) is 5.91 Å². The second-order valence-electron chi connectivity index (χ2n) is 7.38. The molecule has 1 fully saturated rings. The number of benzene rings is 2. The maximum Gasteiger partial charge on any atom is 0.272 e. The number of nitrogens with zero attached hydrogens (tertiary/aromatic N) is 2. The van der Waals surface area contributed by atoms with E-state index in [0.717, 1.165) is 55.0 Å². The van der Waals surface area contributed by atoms with Crippen molar-refractivity contribution in [1.29, 1.82) is 0 Å². The Morgan fingerprint density at radius 2 is 1.97 bits per heavy atom. The van der Waals surface area contributed by atoms with Crippen LogP contribution < -0.4 is 5.32 Å². The van der Waals surface area contributed by atoms with Gasteiger partial charge in [0.2, 0.25) is 0 Å². The highest BCUT2D eigenvalue weighted by molar-refractivity contribution is 6.31. The first kappa shape index (κ1) is 20.9. The number of carbonyl (C=O) groups is 1. The summed E-state index contributed by atoms with van der Waals surface area (Å²) in [6.07, 6.45) is 0. The van der Waals surface area contributed by atoms with E-state index in [1.165, 1.54) is 0 Å². The molecule has 0 saturated carbocycles. The zero-order valence-electron chi connectivity index (χ0n) is 17.1. The van der Waals surface area contributed by atoms with Crippen LogP contribution >= 0.6 is 11.6 Å². The number of morpholine rings is 1. The van der Waals surface area contributed by atoms with Gasteiger partial charge < -0.3 is 19.4 Å². The number of ether oxygens (including phenoxy) is 2. The molecule has 0 spiro atoms. The third-order valence-corrected chi connectivity index (χ3v) is 5.73. The first-order valence-electron chi connectivity index (χ1n) is 10.1. The maximum absolute atomic E-state index is 13.1. The molecule has 158 valence electrons. The number of aromatic nitrogens is 1. The number of carbonyl (C=O) groups excluding carboxylic acids is 1. The second kappa shape index (κ2) is 9.62. The smallest absolute Gasteiger partial charge is 0.272 e. The van der Waals surface area contributed by atoms with Gasteiger partial charge in [-0.25, -0.2) is 0 Å². The van der Waals surface area contributed by atoms with Gasteiger partial charge in [-0.2, -0.15) is 0 Å². The maximum atomic E-state index is 13.1. The fraction of sp³-hybridized carbons (Fsp3) is 0.348. The summed E-state index contributed by atoms with van der Waals surface area (Å²) >= 11 is 6.42. The van der Waals surface area contributed by atoms with E-state index in [4.69, 9.17) is 21.1 Å². The highest BCUT2D eigenvalue weighted by Gasteiger charge is 2.17. The van der Waals surface area contributed by atoms with Crippen molar-refractivity contribution in [2.45, 2.75) is 13.1 Å². The van der Waals surface area contributed by atoms with Gasteiger partial charge in [0.1, 0.15) is 5.69 Å². The summed E-state index contributed by atoms with van der Waals surface area (Å²) in [6.45, 7) is 5.11. The molecule has 1 aliphatic rings. The van der Waals surface area contributed by atoms with Gasteiger partial charge in [0.05, 0.1) is 19.8 Å². The first-order valence-corrected chi connectivity index (χ1v) is 10.5. The molecule has 0 aliphatic carbocycles. The summed E-state index contributed by atoms with van der Waals surface area (Å²) in [7, 11) is 1.66. The third-order valence-electron chi connectivity index (χ3n) is 5.36. The van der Waals surface area contributed by atoms with Gasteiger partial charge in [0, 0.05) is 54.9 Å². The van der Waals surface area contributed by atoms with E-state index in [0.29, 0.717) is 23.9 Å². The Hall–Kier alpha value is -2.38. The fourth-order valence-corrected chi connectivity index (χ4v) is 3.97. The summed E-state index contributed by atoms with van der Waals surface area (Å²) in [5, 5.41) is 4.77. The van der Waals surface area contributed by atoms with Gasteiger partial charge in [-0.1, -0.05) is 29.8 Å². The molecule has 2 aromatic carbocycles. The molecule has 1 saturated heterocycles. The Bertz CT molecular complexity index is 1030. The number of para-hydroxylation sites is 1. The number of nitrogens with one attached hydrogen (secondary N) is 1. The SMILES string of the molecule is COCCn1c(C(=O)Nc2ccc(Cl)c(CN3CCOCC3)c2)cc2ccccc21. The lowest BCUT2D eigenvalue weighted by Crippen LogP contribution is -2.35. The van der Waals surface area contributed by atoms with Gasteiger partial charge in [-0.05, 0) is 35.9 Å².